The molecule has 1 aliphatic heterocycles. The highest BCUT2D eigenvalue weighted by molar-refractivity contribution is 7.09. The second-order valence-corrected chi connectivity index (χ2v) is 10.4. The summed E-state index contributed by atoms with van der Waals surface area (Å²) >= 11 is 1.55. The lowest BCUT2D eigenvalue weighted by Gasteiger charge is -2.37. The molecule has 6 heteroatoms. The molecule has 1 aliphatic carbocycles. The lowest BCUT2D eigenvalue weighted by Crippen LogP contribution is -2.47. The molecule has 0 radical (unpaired) electrons. The van der Waals surface area contributed by atoms with Crippen molar-refractivity contribution in [2.24, 2.45) is 0 Å². The number of hydrogen-bond donors (Lipinski definition) is 1. The third kappa shape index (κ3) is 6.37. The van der Waals surface area contributed by atoms with Gasteiger partial charge in [0.15, 0.2) is 0 Å². The van der Waals surface area contributed by atoms with Crippen LogP contribution in [0.4, 0.5) is 16.8 Å². The molecule has 5 nitrogen and oxygen atoms in total. The number of nitrogens with zero attached hydrogens (tertiary/aromatic N) is 4. The van der Waals surface area contributed by atoms with Crippen LogP contribution < -0.4 is 15.1 Å². The molecular formula is C26H41N5S. The van der Waals surface area contributed by atoms with Gasteiger partial charge in [-0.15, -0.1) is 0 Å². The normalized spacial score (nSPS) is 19.9. The zero-order valence-corrected chi connectivity index (χ0v) is 20.9. The number of aryl methyl sites for hydroxylation is 2. The Morgan fingerprint density at radius 3 is 1.91 bits per heavy atom. The number of rotatable bonds is 4. The molecule has 2 aliphatic rings. The third-order valence-corrected chi connectivity index (χ3v) is 7.94. The molecule has 0 atom stereocenters. The van der Waals surface area contributed by atoms with E-state index in [1.165, 1.54) is 87.4 Å². The highest BCUT2D eigenvalue weighted by Gasteiger charge is 2.22. The van der Waals surface area contributed by atoms with Crippen molar-refractivity contribution >= 4 is 28.3 Å². The van der Waals surface area contributed by atoms with E-state index in [-0.39, 0.29) is 0 Å². The molecule has 0 bridgehead atoms. The second-order valence-electron chi connectivity index (χ2n) is 9.72. The molecule has 0 spiro atoms. The van der Waals surface area contributed by atoms with Crippen LogP contribution in [0, 0.1) is 13.8 Å². The standard InChI is InChI=1S/C26H41N5S/c1-21-13-12-14-22(2)24(21)30-17-19-31(20-18-30)26-28-25(29-32-26)27-23-15-10-8-6-4-3-5-7-9-11-16-23/h12-14,23H,3-11,15-20H2,1-2H3,(H,27,29). The van der Waals surface area contributed by atoms with Crippen molar-refractivity contribution in [3.8, 4) is 0 Å². The Morgan fingerprint density at radius 2 is 1.31 bits per heavy atom. The van der Waals surface area contributed by atoms with Crippen LogP contribution in [0.25, 0.3) is 0 Å². The molecule has 176 valence electrons. The van der Waals surface area contributed by atoms with Gasteiger partial charge in [0.2, 0.25) is 11.1 Å². The molecule has 1 aromatic heterocycles. The Bertz CT molecular complexity index is 795. The van der Waals surface area contributed by atoms with Crippen molar-refractivity contribution in [2.45, 2.75) is 90.5 Å². The summed E-state index contributed by atoms with van der Waals surface area (Å²) in [4.78, 5) is 9.84. The van der Waals surface area contributed by atoms with Crippen LogP contribution in [-0.4, -0.2) is 41.6 Å². The zero-order chi connectivity index (χ0) is 22.2. The highest BCUT2D eigenvalue weighted by Crippen LogP contribution is 2.28. The smallest absolute Gasteiger partial charge is 0.236 e. The molecule has 4 rings (SSSR count). The first-order valence-electron chi connectivity index (χ1n) is 12.9. The van der Waals surface area contributed by atoms with Gasteiger partial charge in [-0.25, -0.2) is 0 Å². The van der Waals surface area contributed by atoms with Gasteiger partial charge in [0, 0.05) is 49.4 Å². The van der Waals surface area contributed by atoms with Crippen molar-refractivity contribution in [2.75, 3.05) is 41.3 Å². The Balaban J connectivity index is 1.30. The summed E-state index contributed by atoms with van der Waals surface area (Å²) < 4.78 is 4.68. The van der Waals surface area contributed by atoms with Gasteiger partial charge in [-0.1, -0.05) is 76.0 Å². The average Bonchev–Trinajstić information content (AvgIpc) is 3.24. The van der Waals surface area contributed by atoms with E-state index in [2.05, 4.69) is 51.5 Å². The van der Waals surface area contributed by atoms with Crippen molar-refractivity contribution in [3.63, 3.8) is 0 Å². The van der Waals surface area contributed by atoms with E-state index >= 15 is 0 Å². The number of aromatic nitrogens is 2. The first-order chi connectivity index (χ1) is 15.7. The van der Waals surface area contributed by atoms with E-state index in [1.54, 1.807) is 11.5 Å². The number of piperazine rings is 1. The summed E-state index contributed by atoms with van der Waals surface area (Å²) in [5.41, 5.74) is 4.16. The Morgan fingerprint density at radius 1 is 0.781 bits per heavy atom. The first-order valence-corrected chi connectivity index (χ1v) is 13.6. The Kier molecular flexibility index (Phi) is 8.66. The lowest BCUT2D eigenvalue weighted by atomic mass is 9.98. The summed E-state index contributed by atoms with van der Waals surface area (Å²) in [7, 11) is 0. The van der Waals surface area contributed by atoms with Crippen molar-refractivity contribution < 1.29 is 0 Å². The fourth-order valence-electron chi connectivity index (χ4n) is 5.32. The van der Waals surface area contributed by atoms with E-state index in [9.17, 15) is 0 Å². The highest BCUT2D eigenvalue weighted by atomic mass is 32.1. The minimum absolute atomic E-state index is 0.526. The molecule has 32 heavy (non-hydrogen) atoms. The maximum atomic E-state index is 4.89. The average molecular weight is 456 g/mol. The van der Waals surface area contributed by atoms with E-state index in [0.717, 1.165) is 37.3 Å². The summed E-state index contributed by atoms with van der Waals surface area (Å²) in [6.07, 6.45) is 15.0. The van der Waals surface area contributed by atoms with E-state index < -0.39 is 0 Å². The van der Waals surface area contributed by atoms with Gasteiger partial charge in [0.1, 0.15) is 0 Å². The van der Waals surface area contributed by atoms with Crippen LogP contribution >= 0.6 is 11.5 Å². The number of hydrogen-bond acceptors (Lipinski definition) is 6. The SMILES string of the molecule is Cc1cccc(C)c1N1CCN(c2nc(NC3CCCCCCCCCCC3)ns2)CC1. The van der Waals surface area contributed by atoms with Gasteiger partial charge in [-0.05, 0) is 37.8 Å². The van der Waals surface area contributed by atoms with Crippen LogP contribution in [0.1, 0.15) is 81.8 Å². The molecule has 0 amide bonds. The van der Waals surface area contributed by atoms with Crippen LogP contribution in [0.15, 0.2) is 18.2 Å². The van der Waals surface area contributed by atoms with Crippen LogP contribution in [0.3, 0.4) is 0 Å². The number of nitrogens with one attached hydrogen (secondary N) is 1. The van der Waals surface area contributed by atoms with Gasteiger partial charge < -0.3 is 15.1 Å². The Labute approximate surface area is 198 Å². The molecule has 1 saturated carbocycles. The van der Waals surface area contributed by atoms with E-state index in [1.807, 2.05) is 0 Å². The van der Waals surface area contributed by atoms with Gasteiger partial charge in [0.25, 0.3) is 0 Å². The van der Waals surface area contributed by atoms with Gasteiger partial charge >= 0.3 is 0 Å². The third-order valence-electron chi connectivity index (χ3n) is 7.16. The molecule has 2 aromatic rings. The fourth-order valence-corrected chi connectivity index (χ4v) is 6.01. The topological polar surface area (TPSA) is 44.3 Å². The predicted molar refractivity (Wildman–Crippen MR) is 138 cm³/mol. The summed E-state index contributed by atoms with van der Waals surface area (Å²) in [6.45, 7) is 8.53. The minimum Gasteiger partial charge on any atom is -0.368 e. The lowest BCUT2D eigenvalue weighted by molar-refractivity contribution is 0.479. The molecule has 2 fully saturated rings. The predicted octanol–water partition coefficient (Wildman–Crippen LogP) is 6.57. The summed E-state index contributed by atoms with van der Waals surface area (Å²) in [5.74, 6) is 0.847. The van der Waals surface area contributed by atoms with Gasteiger partial charge in [-0.3, -0.25) is 0 Å². The summed E-state index contributed by atoms with van der Waals surface area (Å²) in [5, 5.41) is 4.76. The zero-order valence-electron chi connectivity index (χ0n) is 20.1. The number of para-hydroxylation sites is 1. The van der Waals surface area contributed by atoms with Crippen LogP contribution in [0.2, 0.25) is 0 Å². The molecule has 1 saturated heterocycles. The van der Waals surface area contributed by atoms with Crippen molar-refractivity contribution in [1.82, 2.24) is 9.36 Å². The maximum Gasteiger partial charge on any atom is 0.236 e. The van der Waals surface area contributed by atoms with E-state index in [0.29, 0.717) is 6.04 Å². The van der Waals surface area contributed by atoms with Crippen molar-refractivity contribution in [3.05, 3.63) is 29.3 Å². The second kappa shape index (κ2) is 11.9. The van der Waals surface area contributed by atoms with Crippen molar-refractivity contribution in [1.29, 1.82) is 0 Å². The first kappa shape index (κ1) is 23.3. The Hall–Kier alpha value is -1.82. The molecule has 1 N–H and O–H groups in total. The van der Waals surface area contributed by atoms with Crippen LogP contribution in [-0.2, 0) is 0 Å². The monoisotopic (exact) mass is 455 g/mol. The number of anilines is 3. The molecule has 2 heterocycles. The number of benzene rings is 1. The maximum absolute atomic E-state index is 4.89. The van der Waals surface area contributed by atoms with Gasteiger partial charge in [-0.2, -0.15) is 9.36 Å². The summed E-state index contributed by atoms with van der Waals surface area (Å²) in [6, 6.07) is 7.13. The van der Waals surface area contributed by atoms with E-state index in [4.69, 9.17) is 4.98 Å². The minimum atomic E-state index is 0.526. The molecule has 0 unspecified atom stereocenters. The van der Waals surface area contributed by atoms with Crippen LogP contribution in [0.5, 0.6) is 0 Å². The molecular weight excluding hydrogens is 414 g/mol. The largest absolute Gasteiger partial charge is 0.368 e. The quantitative estimate of drug-likeness (QED) is 0.565. The fraction of sp³-hybridized carbons (Fsp3) is 0.692. The molecule has 1 aromatic carbocycles. The van der Waals surface area contributed by atoms with Gasteiger partial charge in [0.05, 0.1) is 0 Å².